The molecule has 1 heterocycles. The molecule has 128 valence electrons. The van der Waals surface area contributed by atoms with Gasteiger partial charge in [-0.2, -0.15) is 5.26 Å². The molecule has 1 aromatic heterocycles. The summed E-state index contributed by atoms with van der Waals surface area (Å²) in [6, 6.07) is 9.15. The first kappa shape index (κ1) is 17.7. The van der Waals surface area contributed by atoms with Crippen molar-refractivity contribution >= 4 is 46.0 Å². The highest BCUT2D eigenvalue weighted by atomic mass is 35.5. The largest absolute Gasteiger partial charge is 0.352 e. The fourth-order valence-electron chi connectivity index (χ4n) is 2.44. The van der Waals surface area contributed by atoms with Crippen molar-refractivity contribution in [1.29, 1.82) is 5.26 Å². The maximum absolute atomic E-state index is 12.6. The van der Waals surface area contributed by atoms with Gasteiger partial charge in [-0.1, -0.05) is 17.7 Å². The summed E-state index contributed by atoms with van der Waals surface area (Å²) in [7, 11) is 0. The molecule has 1 fully saturated rings. The van der Waals surface area contributed by atoms with Gasteiger partial charge in [0, 0.05) is 27.5 Å². The zero-order chi connectivity index (χ0) is 18.0. The number of halogens is 1. The number of carbonyl (C=O) groups excluding carboxylic acids is 2. The number of aromatic nitrogens is 1. The Labute approximate surface area is 154 Å². The highest BCUT2D eigenvalue weighted by molar-refractivity contribution is 8.00. The van der Waals surface area contributed by atoms with Crippen LogP contribution in [0.15, 0.2) is 35.4 Å². The number of carbonyl (C=O) groups is 2. The van der Waals surface area contributed by atoms with Crippen molar-refractivity contribution in [2.24, 2.45) is 5.92 Å². The molecular formula is C18H16ClN3O2S. The number of rotatable bonds is 6. The molecule has 0 spiro atoms. The number of amides is 1. The number of hydrogen-bond donors (Lipinski definition) is 1. The van der Waals surface area contributed by atoms with E-state index in [0.717, 1.165) is 28.6 Å². The average molecular weight is 374 g/mol. The molecule has 0 aliphatic heterocycles. The number of nitriles is 1. The number of hydrogen-bond acceptors (Lipinski definition) is 5. The quantitative estimate of drug-likeness (QED) is 0.620. The van der Waals surface area contributed by atoms with E-state index in [9.17, 15) is 14.9 Å². The van der Waals surface area contributed by atoms with Crippen LogP contribution in [0, 0.1) is 17.2 Å². The molecular weight excluding hydrogens is 358 g/mol. The molecule has 2 aromatic rings. The average Bonchev–Trinajstić information content (AvgIpc) is 3.39. The first-order valence-electron chi connectivity index (χ1n) is 7.94. The fraction of sp³-hybridized carbons (Fsp3) is 0.333. The van der Waals surface area contributed by atoms with Crippen LogP contribution >= 0.6 is 23.4 Å². The molecule has 3 rings (SSSR count). The summed E-state index contributed by atoms with van der Waals surface area (Å²) in [5, 5.41) is 12.9. The van der Waals surface area contributed by atoms with Gasteiger partial charge < -0.3 is 5.32 Å². The van der Waals surface area contributed by atoms with Crippen LogP contribution < -0.4 is 5.32 Å². The topological polar surface area (TPSA) is 82.8 Å². The summed E-state index contributed by atoms with van der Waals surface area (Å²) < 4.78 is 0. The molecule has 1 amide bonds. The van der Waals surface area contributed by atoms with Gasteiger partial charge in [0.15, 0.2) is 11.7 Å². The van der Waals surface area contributed by atoms with E-state index in [4.69, 9.17) is 11.6 Å². The number of nitrogens with one attached hydrogen (secondary N) is 1. The Morgan fingerprint density at radius 3 is 2.84 bits per heavy atom. The van der Waals surface area contributed by atoms with E-state index >= 15 is 0 Å². The number of benzene rings is 1. The van der Waals surface area contributed by atoms with Crippen LogP contribution in [0.1, 0.15) is 19.8 Å². The van der Waals surface area contributed by atoms with Gasteiger partial charge in [-0.25, -0.2) is 0 Å². The standard InChI is InChI=1S/C18H16ClN3O2S/c1-10(17(23)14(9-20)18(24)22-12-3-4-12)25-16-6-7-21-15-8-11(19)2-5-13(15)16/h2,5-8,10,12,14H,3-4H2,1H3,(H,22,24)/t10-,14+/m1/s1. The van der Waals surface area contributed by atoms with E-state index in [2.05, 4.69) is 10.3 Å². The van der Waals surface area contributed by atoms with E-state index in [1.807, 2.05) is 18.2 Å². The summed E-state index contributed by atoms with van der Waals surface area (Å²) in [5.41, 5.74) is 0.737. The number of fused-ring (bicyclic) bond motifs is 1. The minimum Gasteiger partial charge on any atom is -0.352 e. The lowest BCUT2D eigenvalue weighted by atomic mass is 10.0. The van der Waals surface area contributed by atoms with Gasteiger partial charge in [0.25, 0.3) is 0 Å². The normalized spacial score (nSPS) is 16.0. The van der Waals surface area contributed by atoms with Gasteiger partial charge in [0.2, 0.25) is 5.91 Å². The first-order chi connectivity index (χ1) is 12.0. The van der Waals surface area contributed by atoms with Gasteiger partial charge >= 0.3 is 0 Å². The van der Waals surface area contributed by atoms with E-state index in [-0.39, 0.29) is 11.8 Å². The molecule has 0 unspecified atom stereocenters. The lowest BCUT2D eigenvalue weighted by molar-refractivity contribution is -0.131. The van der Waals surface area contributed by atoms with Crippen molar-refractivity contribution in [3.05, 3.63) is 35.5 Å². The predicted molar refractivity (Wildman–Crippen MR) is 97.3 cm³/mol. The van der Waals surface area contributed by atoms with Crippen molar-refractivity contribution in [2.75, 3.05) is 0 Å². The zero-order valence-electron chi connectivity index (χ0n) is 13.5. The lowest BCUT2D eigenvalue weighted by Crippen LogP contribution is -2.38. The van der Waals surface area contributed by atoms with Crippen LogP contribution in [-0.4, -0.2) is 28.0 Å². The minimum atomic E-state index is -1.27. The minimum absolute atomic E-state index is 0.119. The predicted octanol–water partition coefficient (Wildman–Crippen LogP) is 3.36. The second-order valence-electron chi connectivity index (χ2n) is 5.98. The lowest BCUT2D eigenvalue weighted by Gasteiger charge is -2.15. The van der Waals surface area contributed by atoms with Crippen molar-refractivity contribution in [3.8, 4) is 6.07 Å². The van der Waals surface area contributed by atoms with Gasteiger partial charge in [-0.15, -0.1) is 11.8 Å². The van der Waals surface area contributed by atoms with Gasteiger partial charge in [-0.3, -0.25) is 14.6 Å². The third kappa shape index (κ3) is 4.12. The molecule has 0 bridgehead atoms. The monoisotopic (exact) mass is 373 g/mol. The highest BCUT2D eigenvalue weighted by Gasteiger charge is 2.34. The van der Waals surface area contributed by atoms with Crippen LogP contribution in [0.4, 0.5) is 0 Å². The molecule has 0 saturated heterocycles. The van der Waals surface area contributed by atoms with Crippen LogP contribution in [0.2, 0.25) is 5.02 Å². The number of Topliss-reactive ketones (excluding diaryl/α,β-unsaturated/α-hetero) is 1. The zero-order valence-corrected chi connectivity index (χ0v) is 15.1. The third-order valence-electron chi connectivity index (χ3n) is 3.97. The van der Waals surface area contributed by atoms with Crippen molar-refractivity contribution in [2.45, 2.75) is 36.0 Å². The van der Waals surface area contributed by atoms with Gasteiger partial charge in [-0.05, 0) is 38.0 Å². The molecule has 1 aliphatic carbocycles. The molecule has 5 nitrogen and oxygen atoms in total. The van der Waals surface area contributed by atoms with Gasteiger partial charge in [0.1, 0.15) is 0 Å². The Balaban J connectivity index is 1.76. The Hall–Kier alpha value is -2.10. The number of pyridine rings is 1. The molecule has 25 heavy (non-hydrogen) atoms. The summed E-state index contributed by atoms with van der Waals surface area (Å²) in [6.45, 7) is 1.71. The van der Waals surface area contributed by atoms with Crippen molar-refractivity contribution in [3.63, 3.8) is 0 Å². The van der Waals surface area contributed by atoms with Crippen LogP contribution in [-0.2, 0) is 9.59 Å². The number of thioether (sulfide) groups is 1. The Morgan fingerprint density at radius 1 is 1.40 bits per heavy atom. The van der Waals surface area contributed by atoms with E-state index in [0.29, 0.717) is 5.02 Å². The molecule has 1 aromatic carbocycles. The second kappa shape index (κ2) is 7.42. The Kier molecular flexibility index (Phi) is 5.26. The Bertz CT molecular complexity index is 876. The molecule has 7 heteroatoms. The van der Waals surface area contributed by atoms with Crippen LogP contribution in [0.3, 0.4) is 0 Å². The first-order valence-corrected chi connectivity index (χ1v) is 9.20. The van der Waals surface area contributed by atoms with Crippen LogP contribution in [0.5, 0.6) is 0 Å². The number of nitrogens with zero attached hydrogens (tertiary/aromatic N) is 2. The third-order valence-corrected chi connectivity index (χ3v) is 5.40. The van der Waals surface area contributed by atoms with E-state index < -0.39 is 17.1 Å². The maximum atomic E-state index is 12.6. The molecule has 1 saturated carbocycles. The summed E-state index contributed by atoms with van der Waals surface area (Å²) >= 11 is 7.31. The van der Waals surface area contributed by atoms with Crippen molar-refractivity contribution in [1.82, 2.24) is 10.3 Å². The molecule has 1 N–H and O–H groups in total. The van der Waals surface area contributed by atoms with E-state index in [1.165, 1.54) is 11.8 Å². The second-order valence-corrected chi connectivity index (χ2v) is 7.80. The van der Waals surface area contributed by atoms with Crippen LogP contribution in [0.25, 0.3) is 10.9 Å². The van der Waals surface area contributed by atoms with Gasteiger partial charge in [0.05, 0.1) is 16.8 Å². The fourth-order valence-corrected chi connectivity index (χ4v) is 3.68. The van der Waals surface area contributed by atoms with E-state index in [1.54, 1.807) is 25.3 Å². The molecule has 0 radical (unpaired) electrons. The molecule has 1 aliphatic rings. The smallest absolute Gasteiger partial charge is 0.245 e. The summed E-state index contributed by atoms with van der Waals surface area (Å²) in [5.74, 6) is -2.15. The number of ketones is 1. The molecule has 2 atom stereocenters. The maximum Gasteiger partial charge on any atom is 0.245 e. The SMILES string of the molecule is C[C@@H](Sc1ccnc2cc(Cl)ccc12)C(=O)[C@H](C#N)C(=O)NC1CC1. The highest BCUT2D eigenvalue weighted by Crippen LogP contribution is 2.32. The summed E-state index contributed by atoms with van der Waals surface area (Å²) in [6.07, 6.45) is 3.47. The summed E-state index contributed by atoms with van der Waals surface area (Å²) in [4.78, 5) is 29.8. The van der Waals surface area contributed by atoms with Crippen molar-refractivity contribution < 1.29 is 9.59 Å². The Morgan fingerprint density at radius 2 is 2.16 bits per heavy atom.